The molecule has 0 radical (unpaired) electrons. The minimum Gasteiger partial charge on any atom is -0.338 e. The number of aromatic nitrogens is 2. The van der Waals surface area contributed by atoms with E-state index in [1.54, 1.807) is 0 Å². The first-order valence-corrected chi connectivity index (χ1v) is 5.73. The van der Waals surface area contributed by atoms with Gasteiger partial charge in [-0.25, -0.2) is 4.98 Å². The number of rotatable bonds is 2. The SMILES string of the molecule is FC(F)(F)c1ccc(Nc2cncc(Cl)n2)c(Cl)c1. The van der Waals surface area contributed by atoms with Crippen LogP contribution in [-0.2, 0) is 6.18 Å². The summed E-state index contributed by atoms with van der Waals surface area (Å²) in [5.74, 6) is 0.286. The molecule has 1 aromatic heterocycles. The van der Waals surface area contributed by atoms with E-state index >= 15 is 0 Å². The van der Waals surface area contributed by atoms with Crippen LogP contribution in [0.1, 0.15) is 5.56 Å². The third-order valence-corrected chi connectivity index (χ3v) is 2.66. The Morgan fingerprint density at radius 3 is 2.42 bits per heavy atom. The molecule has 0 fully saturated rings. The molecule has 2 aromatic rings. The summed E-state index contributed by atoms with van der Waals surface area (Å²) in [7, 11) is 0. The number of halogens is 5. The predicted molar refractivity (Wildman–Crippen MR) is 66.8 cm³/mol. The van der Waals surface area contributed by atoms with Gasteiger partial charge in [0.25, 0.3) is 0 Å². The molecule has 0 atom stereocenters. The fraction of sp³-hybridized carbons (Fsp3) is 0.0909. The number of hydrogen-bond donors (Lipinski definition) is 1. The standard InChI is InChI=1S/C11H6Cl2F3N3/c12-7-3-6(11(14,15)16)1-2-8(7)18-10-5-17-4-9(13)19-10/h1-5H,(H,18,19). The molecule has 3 nitrogen and oxygen atoms in total. The van der Waals surface area contributed by atoms with E-state index in [-0.39, 0.29) is 21.7 Å². The molecule has 0 bridgehead atoms. The molecule has 0 saturated carbocycles. The molecule has 19 heavy (non-hydrogen) atoms. The normalized spacial score (nSPS) is 11.4. The molecule has 1 heterocycles. The Bertz CT molecular complexity index is 602. The van der Waals surface area contributed by atoms with Gasteiger partial charge in [-0.3, -0.25) is 4.98 Å². The van der Waals surface area contributed by atoms with Gasteiger partial charge < -0.3 is 5.32 Å². The van der Waals surface area contributed by atoms with Gasteiger partial charge in [0.1, 0.15) is 5.15 Å². The smallest absolute Gasteiger partial charge is 0.338 e. The van der Waals surface area contributed by atoms with Crippen molar-refractivity contribution in [2.45, 2.75) is 6.18 Å². The van der Waals surface area contributed by atoms with Crippen LogP contribution in [-0.4, -0.2) is 9.97 Å². The molecule has 1 N–H and O–H groups in total. The highest BCUT2D eigenvalue weighted by atomic mass is 35.5. The Kier molecular flexibility index (Phi) is 3.82. The molecular formula is C11H6Cl2F3N3. The number of alkyl halides is 3. The Balaban J connectivity index is 2.27. The largest absolute Gasteiger partial charge is 0.416 e. The summed E-state index contributed by atoms with van der Waals surface area (Å²) in [6, 6.07) is 2.97. The van der Waals surface area contributed by atoms with Crippen molar-refractivity contribution in [2.24, 2.45) is 0 Å². The summed E-state index contributed by atoms with van der Waals surface area (Å²) in [5.41, 5.74) is -0.536. The van der Waals surface area contributed by atoms with Crippen molar-refractivity contribution in [3.8, 4) is 0 Å². The quantitative estimate of drug-likeness (QED) is 0.884. The van der Waals surface area contributed by atoms with Gasteiger partial charge in [0.05, 0.1) is 28.7 Å². The van der Waals surface area contributed by atoms with Crippen LogP contribution in [0, 0.1) is 0 Å². The number of benzene rings is 1. The Labute approximate surface area is 116 Å². The van der Waals surface area contributed by atoms with Crippen LogP contribution in [0.15, 0.2) is 30.6 Å². The highest BCUT2D eigenvalue weighted by Crippen LogP contribution is 2.34. The van der Waals surface area contributed by atoms with Gasteiger partial charge in [-0.2, -0.15) is 13.2 Å². The van der Waals surface area contributed by atoms with Crippen LogP contribution in [0.5, 0.6) is 0 Å². The van der Waals surface area contributed by atoms with E-state index in [4.69, 9.17) is 23.2 Å². The second-order valence-electron chi connectivity index (χ2n) is 3.54. The lowest BCUT2D eigenvalue weighted by Crippen LogP contribution is -2.05. The predicted octanol–water partition coefficient (Wildman–Crippen LogP) is 4.55. The third-order valence-electron chi connectivity index (χ3n) is 2.16. The first-order valence-electron chi connectivity index (χ1n) is 4.97. The fourth-order valence-electron chi connectivity index (χ4n) is 1.33. The van der Waals surface area contributed by atoms with Crippen molar-refractivity contribution in [1.82, 2.24) is 9.97 Å². The zero-order valence-corrected chi connectivity index (χ0v) is 10.7. The molecule has 0 aliphatic heterocycles. The van der Waals surface area contributed by atoms with Crippen LogP contribution in [0.3, 0.4) is 0 Å². The lowest BCUT2D eigenvalue weighted by molar-refractivity contribution is -0.137. The molecular weight excluding hydrogens is 302 g/mol. The lowest BCUT2D eigenvalue weighted by atomic mass is 10.2. The first kappa shape index (κ1) is 13.9. The van der Waals surface area contributed by atoms with Crippen LogP contribution >= 0.6 is 23.2 Å². The average molecular weight is 308 g/mol. The summed E-state index contributed by atoms with van der Waals surface area (Å²) in [5, 5.41) is 2.82. The van der Waals surface area contributed by atoms with E-state index < -0.39 is 11.7 Å². The van der Waals surface area contributed by atoms with E-state index in [0.29, 0.717) is 0 Å². The summed E-state index contributed by atoms with van der Waals surface area (Å²) in [6.07, 6.45) is -1.72. The van der Waals surface area contributed by atoms with Crippen molar-refractivity contribution in [1.29, 1.82) is 0 Å². The van der Waals surface area contributed by atoms with Gasteiger partial charge in [-0.1, -0.05) is 23.2 Å². The molecule has 0 aliphatic carbocycles. The molecule has 0 spiro atoms. The van der Waals surface area contributed by atoms with E-state index in [1.807, 2.05) is 0 Å². The van der Waals surface area contributed by atoms with E-state index in [1.165, 1.54) is 18.5 Å². The number of hydrogen-bond acceptors (Lipinski definition) is 3. The summed E-state index contributed by atoms with van der Waals surface area (Å²) < 4.78 is 37.4. The van der Waals surface area contributed by atoms with E-state index in [0.717, 1.165) is 12.1 Å². The van der Waals surface area contributed by atoms with E-state index in [9.17, 15) is 13.2 Å². The summed E-state index contributed by atoms with van der Waals surface area (Å²) in [4.78, 5) is 7.68. The monoisotopic (exact) mass is 307 g/mol. The molecule has 0 aliphatic rings. The van der Waals surface area contributed by atoms with Gasteiger partial charge in [0, 0.05) is 0 Å². The summed E-state index contributed by atoms with van der Waals surface area (Å²) in [6.45, 7) is 0. The topological polar surface area (TPSA) is 37.8 Å². The molecule has 0 amide bonds. The van der Waals surface area contributed by atoms with Crippen molar-refractivity contribution in [3.63, 3.8) is 0 Å². The van der Waals surface area contributed by atoms with Crippen LogP contribution in [0.4, 0.5) is 24.7 Å². The van der Waals surface area contributed by atoms with Crippen molar-refractivity contribution >= 4 is 34.7 Å². The molecule has 0 saturated heterocycles. The molecule has 100 valence electrons. The van der Waals surface area contributed by atoms with E-state index in [2.05, 4.69) is 15.3 Å². The number of nitrogens with one attached hydrogen (secondary N) is 1. The maximum absolute atomic E-state index is 12.5. The highest BCUT2D eigenvalue weighted by molar-refractivity contribution is 6.33. The molecule has 1 aromatic carbocycles. The van der Waals surface area contributed by atoms with Crippen molar-refractivity contribution in [3.05, 3.63) is 46.3 Å². The molecule has 2 rings (SSSR count). The van der Waals surface area contributed by atoms with Crippen LogP contribution < -0.4 is 5.32 Å². The molecule has 0 unspecified atom stereocenters. The second-order valence-corrected chi connectivity index (χ2v) is 4.34. The highest BCUT2D eigenvalue weighted by Gasteiger charge is 2.30. The number of nitrogens with zero attached hydrogens (tertiary/aromatic N) is 2. The van der Waals surface area contributed by atoms with Gasteiger partial charge in [-0.05, 0) is 18.2 Å². The number of anilines is 2. The Hall–Kier alpha value is -1.53. The van der Waals surface area contributed by atoms with Crippen LogP contribution in [0.2, 0.25) is 10.2 Å². The second kappa shape index (κ2) is 5.22. The fourth-order valence-corrected chi connectivity index (χ4v) is 1.71. The van der Waals surface area contributed by atoms with Gasteiger partial charge >= 0.3 is 6.18 Å². The summed E-state index contributed by atoms with van der Waals surface area (Å²) >= 11 is 11.4. The maximum atomic E-state index is 12.5. The van der Waals surface area contributed by atoms with Gasteiger partial charge in [0.15, 0.2) is 5.82 Å². The zero-order valence-electron chi connectivity index (χ0n) is 9.17. The van der Waals surface area contributed by atoms with Crippen LogP contribution in [0.25, 0.3) is 0 Å². The zero-order chi connectivity index (χ0) is 14.0. The Morgan fingerprint density at radius 1 is 1.11 bits per heavy atom. The van der Waals surface area contributed by atoms with Gasteiger partial charge in [-0.15, -0.1) is 0 Å². The van der Waals surface area contributed by atoms with Gasteiger partial charge in [0.2, 0.25) is 0 Å². The maximum Gasteiger partial charge on any atom is 0.416 e. The molecule has 8 heteroatoms. The van der Waals surface area contributed by atoms with Crippen molar-refractivity contribution in [2.75, 3.05) is 5.32 Å². The van der Waals surface area contributed by atoms with Crippen molar-refractivity contribution < 1.29 is 13.2 Å². The average Bonchev–Trinajstić information content (AvgIpc) is 2.30. The minimum atomic E-state index is -4.43. The third kappa shape index (κ3) is 3.48. The first-order chi connectivity index (χ1) is 8.86. The Morgan fingerprint density at radius 2 is 1.84 bits per heavy atom. The lowest BCUT2D eigenvalue weighted by Gasteiger charge is -2.11. The minimum absolute atomic E-state index is 0.0726.